The topological polar surface area (TPSA) is 61.0 Å². The summed E-state index contributed by atoms with van der Waals surface area (Å²) in [5, 5.41) is 9.80. The van der Waals surface area contributed by atoms with Gasteiger partial charge in [-0.25, -0.2) is 0 Å². The molecule has 1 amide bonds. The number of amides is 1. The van der Waals surface area contributed by atoms with Crippen molar-refractivity contribution in [2.24, 2.45) is 11.8 Å². The fourth-order valence-corrected chi connectivity index (χ4v) is 1.75. The van der Waals surface area contributed by atoms with Gasteiger partial charge in [0.05, 0.1) is 5.69 Å². The zero-order valence-corrected chi connectivity index (χ0v) is 9.95. The highest BCUT2D eigenvalue weighted by Crippen LogP contribution is 2.38. The molecule has 1 saturated carbocycles. The maximum absolute atomic E-state index is 11.6. The molecule has 2 N–H and O–H groups in total. The number of aromatic nitrogens is 2. The zero-order chi connectivity index (χ0) is 11.7. The first-order valence-electron chi connectivity index (χ1n) is 5.56. The van der Waals surface area contributed by atoms with Crippen LogP contribution in [0, 0.1) is 11.8 Å². The molecule has 1 aromatic heterocycles. The lowest BCUT2D eigenvalue weighted by molar-refractivity contribution is -0.117. The second-order valence-corrected chi connectivity index (χ2v) is 4.82. The van der Waals surface area contributed by atoms with Gasteiger partial charge in [-0.05, 0) is 26.4 Å². The molecular formula is C11H18N4O. The molecule has 1 aliphatic rings. The van der Waals surface area contributed by atoms with Crippen molar-refractivity contribution in [3.8, 4) is 0 Å². The fourth-order valence-electron chi connectivity index (χ4n) is 1.75. The van der Waals surface area contributed by atoms with Gasteiger partial charge in [-0.2, -0.15) is 5.10 Å². The summed E-state index contributed by atoms with van der Waals surface area (Å²) in [7, 11) is 3.98. The van der Waals surface area contributed by atoms with Crippen LogP contribution in [0.15, 0.2) is 6.07 Å². The van der Waals surface area contributed by atoms with Gasteiger partial charge in [0.25, 0.3) is 0 Å². The van der Waals surface area contributed by atoms with Crippen molar-refractivity contribution in [2.75, 3.05) is 19.4 Å². The van der Waals surface area contributed by atoms with Crippen molar-refractivity contribution in [3.63, 3.8) is 0 Å². The van der Waals surface area contributed by atoms with Gasteiger partial charge in [-0.15, -0.1) is 0 Å². The SMILES string of the molecule is CC1CC1C(=O)Nc1cc(CN(C)C)[nH]n1. The highest BCUT2D eigenvalue weighted by molar-refractivity contribution is 5.93. The largest absolute Gasteiger partial charge is 0.309 e. The van der Waals surface area contributed by atoms with Crippen LogP contribution in [0.2, 0.25) is 0 Å². The molecule has 5 nitrogen and oxygen atoms in total. The highest BCUT2D eigenvalue weighted by atomic mass is 16.2. The van der Waals surface area contributed by atoms with Crippen molar-refractivity contribution in [3.05, 3.63) is 11.8 Å². The van der Waals surface area contributed by atoms with Gasteiger partial charge in [0.2, 0.25) is 5.91 Å². The number of carbonyl (C=O) groups is 1. The summed E-state index contributed by atoms with van der Waals surface area (Å²) >= 11 is 0. The van der Waals surface area contributed by atoms with Crippen molar-refractivity contribution in [1.82, 2.24) is 15.1 Å². The van der Waals surface area contributed by atoms with Crippen LogP contribution in [0.4, 0.5) is 5.82 Å². The summed E-state index contributed by atoms with van der Waals surface area (Å²) in [6.45, 7) is 2.88. The van der Waals surface area contributed by atoms with Crippen LogP contribution >= 0.6 is 0 Å². The minimum atomic E-state index is 0.0930. The van der Waals surface area contributed by atoms with E-state index in [1.54, 1.807) is 0 Å². The van der Waals surface area contributed by atoms with Crippen LogP contribution in [0.25, 0.3) is 0 Å². The Balaban J connectivity index is 1.89. The molecular weight excluding hydrogens is 204 g/mol. The van der Waals surface area contributed by atoms with E-state index in [1.165, 1.54) is 0 Å². The number of hydrogen-bond acceptors (Lipinski definition) is 3. The predicted octanol–water partition coefficient (Wildman–Crippen LogP) is 1.07. The van der Waals surface area contributed by atoms with E-state index < -0.39 is 0 Å². The molecule has 0 spiro atoms. The number of nitrogens with zero attached hydrogens (tertiary/aromatic N) is 2. The number of carbonyl (C=O) groups excluding carboxylic acids is 1. The van der Waals surface area contributed by atoms with E-state index in [9.17, 15) is 4.79 Å². The smallest absolute Gasteiger partial charge is 0.228 e. The molecule has 1 heterocycles. The maximum Gasteiger partial charge on any atom is 0.228 e. The van der Waals surface area contributed by atoms with Gasteiger partial charge in [-0.1, -0.05) is 6.92 Å². The summed E-state index contributed by atoms with van der Waals surface area (Å²) in [5.74, 6) is 1.44. The van der Waals surface area contributed by atoms with Crippen LogP contribution in [0.5, 0.6) is 0 Å². The minimum Gasteiger partial charge on any atom is -0.309 e. The van der Waals surface area contributed by atoms with Gasteiger partial charge < -0.3 is 10.2 Å². The Morgan fingerprint density at radius 1 is 1.69 bits per heavy atom. The van der Waals surface area contributed by atoms with E-state index in [0.717, 1.165) is 18.7 Å². The summed E-state index contributed by atoms with van der Waals surface area (Å²) in [5.41, 5.74) is 1.00. The fraction of sp³-hybridized carbons (Fsp3) is 0.636. The van der Waals surface area contributed by atoms with Crippen molar-refractivity contribution >= 4 is 11.7 Å². The number of aromatic amines is 1. The van der Waals surface area contributed by atoms with Gasteiger partial charge in [-0.3, -0.25) is 9.89 Å². The van der Waals surface area contributed by atoms with E-state index in [-0.39, 0.29) is 11.8 Å². The number of rotatable bonds is 4. The van der Waals surface area contributed by atoms with Crippen LogP contribution in [-0.4, -0.2) is 35.1 Å². The molecule has 0 bridgehead atoms. The van der Waals surface area contributed by atoms with E-state index in [2.05, 4.69) is 22.4 Å². The van der Waals surface area contributed by atoms with Crippen molar-refractivity contribution < 1.29 is 4.79 Å². The number of anilines is 1. The van der Waals surface area contributed by atoms with E-state index >= 15 is 0 Å². The standard InChI is InChI=1S/C11H18N4O/c1-7-4-9(7)11(16)12-10-5-8(13-14-10)6-15(2)3/h5,7,9H,4,6H2,1-3H3,(H2,12,13,14,16). The Morgan fingerprint density at radius 3 is 2.94 bits per heavy atom. The minimum absolute atomic E-state index is 0.0930. The average molecular weight is 222 g/mol. The molecule has 5 heteroatoms. The number of H-pyrrole nitrogens is 1. The van der Waals surface area contributed by atoms with Gasteiger partial charge in [0, 0.05) is 18.5 Å². The van der Waals surface area contributed by atoms with Crippen LogP contribution in [0.3, 0.4) is 0 Å². The zero-order valence-electron chi connectivity index (χ0n) is 9.95. The van der Waals surface area contributed by atoms with Crippen LogP contribution in [-0.2, 0) is 11.3 Å². The van der Waals surface area contributed by atoms with E-state index in [1.807, 2.05) is 25.1 Å². The molecule has 16 heavy (non-hydrogen) atoms. The third kappa shape index (κ3) is 2.61. The summed E-state index contributed by atoms with van der Waals surface area (Å²) in [4.78, 5) is 13.7. The Bertz CT molecular complexity index is 385. The summed E-state index contributed by atoms with van der Waals surface area (Å²) < 4.78 is 0. The summed E-state index contributed by atoms with van der Waals surface area (Å²) in [6.07, 6.45) is 1.00. The maximum atomic E-state index is 11.6. The Kier molecular flexibility index (Phi) is 2.96. The van der Waals surface area contributed by atoms with E-state index in [4.69, 9.17) is 0 Å². The lowest BCUT2D eigenvalue weighted by Crippen LogP contribution is -2.14. The highest BCUT2D eigenvalue weighted by Gasteiger charge is 2.39. The molecule has 88 valence electrons. The molecule has 2 atom stereocenters. The van der Waals surface area contributed by atoms with Gasteiger partial charge >= 0.3 is 0 Å². The molecule has 2 rings (SSSR count). The number of nitrogens with one attached hydrogen (secondary N) is 2. The molecule has 1 fully saturated rings. The average Bonchev–Trinajstić information content (AvgIpc) is 2.76. The molecule has 0 radical (unpaired) electrons. The second-order valence-electron chi connectivity index (χ2n) is 4.82. The second kappa shape index (κ2) is 4.25. The van der Waals surface area contributed by atoms with Crippen molar-refractivity contribution in [1.29, 1.82) is 0 Å². The first-order valence-corrected chi connectivity index (χ1v) is 5.56. The Labute approximate surface area is 95.2 Å². The third-order valence-electron chi connectivity index (χ3n) is 2.81. The molecule has 0 aliphatic heterocycles. The molecule has 1 aromatic rings. The Hall–Kier alpha value is -1.36. The summed E-state index contributed by atoms with van der Waals surface area (Å²) in [6, 6.07) is 1.88. The normalized spacial score (nSPS) is 23.5. The van der Waals surface area contributed by atoms with Gasteiger partial charge in [0.1, 0.15) is 0 Å². The molecule has 2 unspecified atom stereocenters. The molecule has 0 aromatic carbocycles. The van der Waals surface area contributed by atoms with Crippen LogP contribution < -0.4 is 5.32 Å². The van der Waals surface area contributed by atoms with Gasteiger partial charge in [0.15, 0.2) is 5.82 Å². The quantitative estimate of drug-likeness (QED) is 0.801. The predicted molar refractivity (Wildman–Crippen MR) is 61.9 cm³/mol. The van der Waals surface area contributed by atoms with E-state index in [0.29, 0.717) is 11.7 Å². The third-order valence-corrected chi connectivity index (χ3v) is 2.81. The molecule has 1 aliphatic carbocycles. The lowest BCUT2D eigenvalue weighted by atomic mass is 10.3. The first kappa shape index (κ1) is 11.1. The molecule has 0 saturated heterocycles. The van der Waals surface area contributed by atoms with Crippen LogP contribution in [0.1, 0.15) is 19.0 Å². The monoisotopic (exact) mass is 222 g/mol. The van der Waals surface area contributed by atoms with Crippen molar-refractivity contribution in [2.45, 2.75) is 19.9 Å². The number of hydrogen-bond donors (Lipinski definition) is 2. The lowest BCUT2D eigenvalue weighted by Gasteiger charge is -2.05. The first-order chi connectivity index (χ1) is 7.56. The Morgan fingerprint density at radius 2 is 2.38 bits per heavy atom.